The van der Waals surface area contributed by atoms with Crippen molar-refractivity contribution in [2.75, 3.05) is 7.11 Å². The monoisotopic (exact) mass is 456 g/mol. The lowest BCUT2D eigenvalue weighted by Crippen LogP contribution is -2.30. The Morgan fingerprint density at radius 3 is 2.29 bits per heavy atom. The summed E-state index contributed by atoms with van der Waals surface area (Å²) in [6.45, 7) is 1.19. The van der Waals surface area contributed by atoms with Crippen molar-refractivity contribution in [3.63, 3.8) is 0 Å². The molecule has 5 nitrogen and oxygen atoms in total. The van der Waals surface area contributed by atoms with E-state index in [4.69, 9.17) is 9.47 Å². The van der Waals surface area contributed by atoms with Crippen LogP contribution in [0.25, 0.3) is 0 Å². The smallest absolute Gasteiger partial charge is 0.254 e. The molecule has 0 saturated heterocycles. The van der Waals surface area contributed by atoms with Gasteiger partial charge in [-0.25, -0.2) is 4.39 Å². The summed E-state index contributed by atoms with van der Waals surface area (Å²) in [5, 5.41) is 0. The van der Waals surface area contributed by atoms with Crippen LogP contribution in [0.2, 0.25) is 0 Å². The Hall–Kier alpha value is -4.19. The Bertz CT molecular complexity index is 1210. The van der Waals surface area contributed by atoms with Crippen LogP contribution in [-0.4, -0.2) is 22.9 Å². The van der Waals surface area contributed by atoms with E-state index < -0.39 is 0 Å². The maximum Gasteiger partial charge on any atom is 0.254 e. The molecule has 6 heteroatoms. The van der Waals surface area contributed by atoms with Gasteiger partial charge in [0, 0.05) is 31.0 Å². The quantitative estimate of drug-likeness (QED) is 0.327. The molecule has 0 atom stereocenters. The fourth-order valence-corrected chi connectivity index (χ4v) is 3.51. The number of amides is 1. The van der Waals surface area contributed by atoms with Crippen LogP contribution in [0.5, 0.6) is 11.5 Å². The highest BCUT2D eigenvalue weighted by Gasteiger charge is 2.18. The molecule has 34 heavy (non-hydrogen) atoms. The number of nitrogens with zero attached hydrogens (tertiary/aromatic N) is 2. The van der Waals surface area contributed by atoms with Gasteiger partial charge in [-0.1, -0.05) is 36.4 Å². The van der Waals surface area contributed by atoms with Gasteiger partial charge in [0.15, 0.2) is 0 Å². The Kier molecular flexibility index (Phi) is 7.50. The first-order valence-corrected chi connectivity index (χ1v) is 10.9. The summed E-state index contributed by atoms with van der Waals surface area (Å²) in [4.78, 5) is 19.3. The first-order chi connectivity index (χ1) is 16.6. The predicted molar refractivity (Wildman–Crippen MR) is 128 cm³/mol. The summed E-state index contributed by atoms with van der Waals surface area (Å²) in [5.74, 6) is 0.965. The van der Waals surface area contributed by atoms with Crippen molar-refractivity contribution in [2.45, 2.75) is 19.7 Å². The number of carbonyl (C=O) groups is 1. The van der Waals surface area contributed by atoms with Gasteiger partial charge in [-0.15, -0.1) is 0 Å². The van der Waals surface area contributed by atoms with Gasteiger partial charge in [0.05, 0.1) is 7.11 Å². The van der Waals surface area contributed by atoms with E-state index in [1.54, 1.807) is 48.7 Å². The predicted octanol–water partition coefficient (Wildman–Crippen LogP) is 5.65. The van der Waals surface area contributed by atoms with E-state index in [-0.39, 0.29) is 11.7 Å². The second-order valence-electron chi connectivity index (χ2n) is 7.81. The number of ether oxygens (including phenoxy) is 2. The summed E-state index contributed by atoms with van der Waals surface area (Å²) in [7, 11) is 1.58. The molecule has 1 heterocycles. The fourth-order valence-electron chi connectivity index (χ4n) is 3.51. The molecule has 0 aliphatic carbocycles. The molecule has 172 valence electrons. The zero-order valence-electron chi connectivity index (χ0n) is 18.9. The lowest BCUT2D eigenvalue weighted by atomic mass is 10.1. The minimum absolute atomic E-state index is 0.0978. The Morgan fingerprint density at radius 2 is 1.59 bits per heavy atom. The van der Waals surface area contributed by atoms with Crippen LogP contribution >= 0.6 is 0 Å². The number of pyridine rings is 1. The van der Waals surface area contributed by atoms with Crippen molar-refractivity contribution in [3.8, 4) is 11.5 Å². The normalized spacial score (nSPS) is 10.5. The highest BCUT2D eigenvalue weighted by molar-refractivity contribution is 5.94. The molecule has 1 aromatic heterocycles. The zero-order chi connectivity index (χ0) is 23.8. The summed E-state index contributed by atoms with van der Waals surface area (Å²) >= 11 is 0. The molecule has 0 saturated carbocycles. The molecule has 0 bridgehead atoms. The lowest BCUT2D eigenvalue weighted by molar-refractivity contribution is 0.0729. The molecular weight excluding hydrogens is 431 g/mol. The Morgan fingerprint density at radius 1 is 0.853 bits per heavy atom. The van der Waals surface area contributed by atoms with E-state index in [1.165, 1.54) is 12.1 Å². The first-order valence-electron chi connectivity index (χ1n) is 10.9. The van der Waals surface area contributed by atoms with Crippen LogP contribution in [0, 0.1) is 5.82 Å². The van der Waals surface area contributed by atoms with Gasteiger partial charge in [-0.05, 0) is 65.2 Å². The minimum atomic E-state index is -0.271. The summed E-state index contributed by atoms with van der Waals surface area (Å²) in [6.07, 6.45) is 3.47. The molecule has 4 aromatic rings. The number of methoxy groups -OCH3 is 1. The van der Waals surface area contributed by atoms with Gasteiger partial charge in [0.1, 0.15) is 23.9 Å². The second kappa shape index (κ2) is 11.1. The Labute approximate surface area is 198 Å². The Balaban J connectivity index is 1.47. The lowest BCUT2D eigenvalue weighted by Gasteiger charge is -2.23. The maximum absolute atomic E-state index is 13.4. The van der Waals surface area contributed by atoms with E-state index in [0.29, 0.717) is 36.8 Å². The van der Waals surface area contributed by atoms with Gasteiger partial charge in [0.25, 0.3) is 5.91 Å². The number of hydrogen-bond acceptors (Lipinski definition) is 4. The van der Waals surface area contributed by atoms with Gasteiger partial charge in [-0.3, -0.25) is 9.78 Å². The average Bonchev–Trinajstić information content (AvgIpc) is 2.89. The third-order valence-corrected chi connectivity index (χ3v) is 5.32. The number of rotatable bonds is 9. The standard InChI is InChI=1S/C28H25FN2O3/c1-33-27-6-2-5-24(16-27)28(32)31(19-23-4-3-15-30-17-23)18-21-9-13-26(14-10-21)34-20-22-7-11-25(29)12-8-22/h2-17H,18-20H2,1H3. The van der Waals surface area contributed by atoms with E-state index in [1.807, 2.05) is 48.5 Å². The van der Waals surface area contributed by atoms with Crippen LogP contribution in [0.4, 0.5) is 4.39 Å². The third kappa shape index (κ3) is 6.19. The molecule has 0 aliphatic heterocycles. The molecule has 0 unspecified atom stereocenters. The molecule has 1 amide bonds. The van der Waals surface area contributed by atoms with Gasteiger partial charge in [0.2, 0.25) is 0 Å². The molecule has 0 spiro atoms. The van der Waals surface area contributed by atoms with Crippen molar-refractivity contribution in [1.29, 1.82) is 0 Å². The summed E-state index contributed by atoms with van der Waals surface area (Å²) in [5.41, 5.74) is 3.35. The maximum atomic E-state index is 13.4. The number of aromatic nitrogens is 1. The molecule has 0 radical (unpaired) electrons. The molecule has 0 aliphatic rings. The second-order valence-corrected chi connectivity index (χ2v) is 7.81. The van der Waals surface area contributed by atoms with Gasteiger partial charge < -0.3 is 14.4 Å². The van der Waals surface area contributed by atoms with Crippen LogP contribution in [0.15, 0.2) is 97.3 Å². The average molecular weight is 457 g/mol. The molecule has 0 fully saturated rings. The third-order valence-electron chi connectivity index (χ3n) is 5.32. The van der Waals surface area contributed by atoms with Crippen LogP contribution in [0.1, 0.15) is 27.0 Å². The SMILES string of the molecule is COc1cccc(C(=O)N(Cc2ccc(OCc3ccc(F)cc3)cc2)Cc2cccnc2)c1. The highest BCUT2D eigenvalue weighted by atomic mass is 19.1. The number of halogens is 1. The summed E-state index contributed by atoms with van der Waals surface area (Å²) < 4.78 is 24.1. The molecule has 3 aromatic carbocycles. The largest absolute Gasteiger partial charge is 0.497 e. The van der Waals surface area contributed by atoms with Crippen LogP contribution < -0.4 is 9.47 Å². The van der Waals surface area contributed by atoms with Gasteiger partial charge in [-0.2, -0.15) is 0 Å². The number of carbonyl (C=O) groups excluding carboxylic acids is 1. The van der Waals surface area contributed by atoms with Crippen molar-refractivity contribution < 1.29 is 18.7 Å². The molecular formula is C28H25FN2O3. The van der Waals surface area contributed by atoms with E-state index in [0.717, 1.165) is 16.7 Å². The molecule has 0 N–H and O–H groups in total. The van der Waals surface area contributed by atoms with Crippen LogP contribution in [0.3, 0.4) is 0 Å². The van der Waals surface area contributed by atoms with E-state index in [2.05, 4.69) is 4.98 Å². The van der Waals surface area contributed by atoms with Crippen LogP contribution in [-0.2, 0) is 19.7 Å². The van der Waals surface area contributed by atoms with Crippen molar-refractivity contribution in [3.05, 3.63) is 125 Å². The van der Waals surface area contributed by atoms with Crippen molar-refractivity contribution in [2.24, 2.45) is 0 Å². The number of benzene rings is 3. The summed E-state index contributed by atoms with van der Waals surface area (Å²) in [6, 6.07) is 24.8. The van der Waals surface area contributed by atoms with Gasteiger partial charge >= 0.3 is 0 Å². The highest BCUT2D eigenvalue weighted by Crippen LogP contribution is 2.20. The van der Waals surface area contributed by atoms with E-state index >= 15 is 0 Å². The topological polar surface area (TPSA) is 51.7 Å². The van der Waals surface area contributed by atoms with E-state index in [9.17, 15) is 9.18 Å². The minimum Gasteiger partial charge on any atom is -0.497 e. The molecule has 4 rings (SSSR count). The first kappa shape index (κ1) is 23.0. The zero-order valence-corrected chi connectivity index (χ0v) is 18.9. The fraction of sp³-hybridized carbons (Fsp3) is 0.143. The van der Waals surface area contributed by atoms with Crippen molar-refractivity contribution >= 4 is 5.91 Å². The number of hydrogen-bond donors (Lipinski definition) is 0. The van der Waals surface area contributed by atoms with Crippen molar-refractivity contribution in [1.82, 2.24) is 9.88 Å².